The first-order valence-corrected chi connectivity index (χ1v) is 8.31. The summed E-state index contributed by atoms with van der Waals surface area (Å²) in [6.07, 6.45) is 0.0556. The Morgan fingerprint density at radius 1 is 1.38 bits per heavy atom. The Hall–Kier alpha value is -1.93. The van der Waals surface area contributed by atoms with Gasteiger partial charge in [0.05, 0.1) is 11.5 Å². The van der Waals surface area contributed by atoms with Crippen molar-refractivity contribution in [1.82, 2.24) is 5.32 Å². The maximum Gasteiger partial charge on any atom is 0.248 e. The molecule has 2 amide bonds. The maximum absolute atomic E-state index is 11.9. The quantitative estimate of drug-likeness (QED) is 0.693. The third-order valence-corrected chi connectivity index (χ3v) is 4.90. The van der Waals surface area contributed by atoms with Gasteiger partial charge in [0.25, 0.3) is 0 Å². The summed E-state index contributed by atoms with van der Waals surface area (Å²) in [5.74, 6) is -0.828. The number of carbonyl (C=O) groups excluding carboxylic acids is 2. The van der Waals surface area contributed by atoms with Gasteiger partial charge in [0.15, 0.2) is 9.84 Å². The van der Waals surface area contributed by atoms with Crippen LogP contribution in [0.15, 0.2) is 24.3 Å². The molecular weight excluding hydrogens is 294 g/mol. The molecule has 0 bridgehead atoms. The second kappa shape index (κ2) is 6.23. The molecule has 21 heavy (non-hydrogen) atoms. The van der Waals surface area contributed by atoms with Crippen molar-refractivity contribution in [2.75, 3.05) is 23.4 Å². The highest BCUT2D eigenvalue weighted by molar-refractivity contribution is 7.91. The summed E-state index contributed by atoms with van der Waals surface area (Å²) < 4.78 is 23.0. The van der Waals surface area contributed by atoms with Gasteiger partial charge >= 0.3 is 0 Å². The first-order valence-electron chi connectivity index (χ1n) is 6.49. The molecule has 0 radical (unpaired) electrons. The molecule has 1 atom stereocenters. The van der Waals surface area contributed by atoms with Crippen LogP contribution in [0.5, 0.6) is 0 Å². The van der Waals surface area contributed by atoms with E-state index in [1.165, 1.54) is 6.07 Å². The predicted molar refractivity (Wildman–Crippen MR) is 78.7 cm³/mol. The zero-order valence-corrected chi connectivity index (χ0v) is 12.2. The molecule has 1 saturated heterocycles. The van der Waals surface area contributed by atoms with E-state index in [0.29, 0.717) is 17.8 Å². The fourth-order valence-electron chi connectivity index (χ4n) is 2.18. The molecular formula is C13H17N3O4S. The van der Waals surface area contributed by atoms with Crippen LogP contribution in [-0.4, -0.2) is 44.3 Å². The first kappa shape index (κ1) is 15.5. The largest absolute Gasteiger partial charge is 0.366 e. The SMILES string of the molecule is NC(=O)c1cccc(NC(=O)CC2CS(=O)(=O)CCN2)c1. The lowest BCUT2D eigenvalue weighted by Crippen LogP contribution is -2.46. The molecule has 1 aromatic carbocycles. The lowest BCUT2D eigenvalue weighted by Gasteiger charge is -2.23. The van der Waals surface area contributed by atoms with E-state index in [1.807, 2.05) is 0 Å². The molecule has 1 fully saturated rings. The van der Waals surface area contributed by atoms with Gasteiger partial charge in [0, 0.05) is 30.3 Å². The van der Waals surface area contributed by atoms with Gasteiger partial charge in [-0.25, -0.2) is 8.42 Å². The molecule has 1 unspecified atom stereocenters. The highest BCUT2D eigenvalue weighted by Crippen LogP contribution is 2.12. The molecule has 4 N–H and O–H groups in total. The van der Waals surface area contributed by atoms with Crippen molar-refractivity contribution in [3.05, 3.63) is 29.8 Å². The predicted octanol–water partition coefficient (Wildman–Crippen LogP) is -0.499. The molecule has 1 aliphatic heterocycles. The summed E-state index contributed by atoms with van der Waals surface area (Å²) in [6, 6.07) is 5.88. The van der Waals surface area contributed by atoms with Crippen LogP contribution in [0.1, 0.15) is 16.8 Å². The molecule has 0 spiro atoms. The summed E-state index contributed by atoms with van der Waals surface area (Å²) >= 11 is 0. The van der Waals surface area contributed by atoms with Crippen LogP contribution in [0.2, 0.25) is 0 Å². The van der Waals surface area contributed by atoms with E-state index >= 15 is 0 Å². The molecule has 0 saturated carbocycles. The van der Waals surface area contributed by atoms with Crippen LogP contribution in [-0.2, 0) is 14.6 Å². The van der Waals surface area contributed by atoms with Gasteiger partial charge in [0.1, 0.15) is 0 Å². The molecule has 114 valence electrons. The number of anilines is 1. The topological polar surface area (TPSA) is 118 Å². The number of sulfone groups is 1. The van der Waals surface area contributed by atoms with Crippen molar-refractivity contribution in [2.24, 2.45) is 5.73 Å². The van der Waals surface area contributed by atoms with Crippen molar-refractivity contribution in [3.8, 4) is 0 Å². The smallest absolute Gasteiger partial charge is 0.248 e. The molecule has 0 aliphatic carbocycles. The lowest BCUT2D eigenvalue weighted by molar-refractivity contribution is -0.116. The summed E-state index contributed by atoms with van der Waals surface area (Å²) in [7, 11) is -3.07. The van der Waals surface area contributed by atoms with Gasteiger partial charge in [0.2, 0.25) is 11.8 Å². The standard InChI is InChI=1S/C13H17N3O4S/c14-13(18)9-2-1-3-10(6-9)16-12(17)7-11-8-21(19,20)5-4-15-11/h1-3,6,11,15H,4-5,7-8H2,(H2,14,18)(H,16,17). The summed E-state index contributed by atoms with van der Waals surface area (Å²) in [4.78, 5) is 23.0. The molecule has 0 aromatic heterocycles. The highest BCUT2D eigenvalue weighted by Gasteiger charge is 2.25. The van der Waals surface area contributed by atoms with E-state index in [4.69, 9.17) is 5.73 Å². The number of hydrogen-bond donors (Lipinski definition) is 3. The van der Waals surface area contributed by atoms with Crippen LogP contribution < -0.4 is 16.4 Å². The minimum absolute atomic E-state index is 0.0399. The lowest BCUT2D eigenvalue weighted by atomic mass is 10.1. The van der Waals surface area contributed by atoms with E-state index in [-0.39, 0.29) is 29.9 Å². The van der Waals surface area contributed by atoms with Crippen molar-refractivity contribution in [1.29, 1.82) is 0 Å². The van der Waals surface area contributed by atoms with Crippen LogP contribution in [0, 0.1) is 0 Å². The van der Waals surface area contributed by atoms with Crippen molar-refractivity contribution in [3.63, 3.8) is 0 Å². The number of rotatable bonds is 4. The Labute approximate surface area is 122 Å². The molecule has 8 heteroatoms. The van der Waals surface area contributed by atoms with E-state index in [0.717, 1.165) is 0 Å². The van der Waals surface area contributed by atoms with E-state index < -0.39 is 15.7 Å². The monoisotopic (exact) mass is 311 g/mol. The summed E-state index contributed by atoms with van der Waals surface area (Å²) in [6.45, 7) is 0.359. The molecule has 2 rings (SSSR count). The first-order chi connectivity index (χ1) is 9.85. The Morgan fingerprint density at radius 2 is 2.14 bits per heavy atom. The Morgan fingerprint density at radius 3 is 2.81 bits per heavy atom. The molecule has 1 aliphatic rings. The minimum atomic E-state index is -3.07. The van der Waals surface area contributed by atoms with E-state index in [9.17, 15) is 18.0 Å². The number of amides is 2. The fourth-order valence-corrected chi connectivity index (χ4v) is 3.63. The van der Waals surface area contributed by atoms with Gasteiger partial charge < -0.3 is 16.4 Å². The van der Waals surface area contributed by atoms with E-state index in [1.54, 1.807) is 18.2 Å². The van der Waals surface area contributed by atoms with Gasteiger partial charge in [-0.05, 0) is 18.2 Å². The Kier molecular flexibility index (Phi) is 4.59. The van der Waals surface area contributed by atoms with Crippen LogP contribution in [0.4, 0.5) is 5.69 Å². The maximum atomic E-state index is 11.9. The summed E-state index contributed by atoms with van der Waals surface area (Å²) in [5, 5.41) is 5.64. The fraction of sp³-hybridized carbons (Fsp3) is 0.385. The minimum Gasteiger partial charge on any atom is -0.366 e. The average molecular weight is 311 g/mol. The molecule has 1 aromatic rings. The number of hydrogen-bond acceptors (Lipinski definition) is 5. The van der Waals surface area contributed by atoms with Gasteiger partial charge in [-0.2, -0.15) is 0 Å². The van der Waals surface area contributed by atoms with E-state index in [2.05, 4.69) is 10.6 Å². The number of benzene rings is 1. The summed E-state index contributed by atoms with van der Waals surface area (Å²) in [5.41, 5.74) is 5.92. The number of carbonyl (C=O) groups is 2. The second-order valence-corrected chi connectivity index (χ2v) is 7.19. The average Bonchev–Trinajstić information content (AvgIpc) is 2.37. The Balaban J connectivity index is 1.95. The van der Waals surface area contributed by atoms with Crippen LogP contribution in [0.3, 0.4) is 0 Å². The van der Waals surface area contributed by atoms with Gasteiger partial charge in [-0.3, -0.25) is 9.59 Å². The van der Waals surface area contributed by atoms with Crippen LogP contribution >= 0.6 is 0 Å². The zero-order chi connectivity index (χ0) is 15.5. The molecule has 7 nitrogen and oxygen atoms in total. The normalized spacial score (nSPS) is 20.7. The van der Waals surface area contributed by atoms with Gasteiger partial charge in [-0.15, -0.1) is 0 Å². The van der Waals surface area contributed by atoms with Crippen molar-refractivity contribution < 1.29 is 18.0 Å². The Bertz CT molecular complexity index is 657. The highest BCUT2D eigenvalue weighted by atomic mass is 32.2. The number of nitrogens with two attached hydrogens (primary N) is 1. The second-order valence-electron chi connectivity index (χ2n) is 4.96. The molecule has 1 heterocycles. The number of nitrogens with one attached hydrogen (secondary N) is 2. The van der Waals surface area contributed by atoms with Crippen LogP contribution in [0.25, 0.3) is 0 Å². The third kappa shape index (κ3) is 4.54. The van der Waals surface area contributed by atoms with Gasteiger partial charge in [-0.1, -0.05) is 6.07 Å². The van der Waals surface area contributed by atoms with Crippen molar-refractivity contribution >= 4 is 27.3 Å². The third-order valence-electron chi connectivity index (χ3n) is 3.16. The van der Waals surface area contributed by atoms with Crippen molar-refractivity contribution in [2.45, 2.75) is 12.5 Å². The number of primary amides is 1. The zero-order valence-electron chi connectivity index (χ0n) is 11.3.